The van der Waals surface area contributed by atoms with Crippen LogP contribution >= 0.6 is 0 Å². The van der Waals surface area contributed by atoms with Crippen molar-refractivity contribution in [2.45, 2.75) is 0 Å². The summed E-state index contributed by atoms with van der Waals surface area (Å²) in [5.74, 6) is 0.463. The smallest absolute Gasteiger partial charge is 0.198 e. The van der Waals surface area contributed by atoms with Crippen LogP contribution in [0.4, 0.5) is 0 Å². The Bertz CT molecular complexity index is 584. The predicted octanol–water partition coefficient (Wildman–Crippen LogP) is 1.17. The van der Waals surface area contributed by atoms with E-state index in [1.54, 1.807) is 6.21 Å². The van der Waals surface area contributed by atoms with Gasteiger partial charge in [0.25, 0.3) is 0 Å². The molecule has 0 unspecified atom stereocenters. The molecule has 3 heteroatoms. The normalized spacial score (nSPS) is 12.3. The first kappa shape index (κ1) is 12.8. The number of nitrogens with zero attached hydrogens (tertiary/aromatic N) is 1. The first-order valence-electron chi connectivity index (χ1n) is 6.05. The zero-order valence-electron chi connectivity index (χ0n) is 10.5. The van der Waals surface area contributed by atoms with E-state index >= 15 is 0 Å². The lowest BCUT2D eigenvalue weighted by Crippen LogP contribution is -2.62. The SMILES string of the molecule is NC(=N[NH+]=CC=Cc1ccccc1)c1ccccc1. The van der Waals surface area contributed by atoms with E-state index in [1.807, 2.05) is 72.8 Å². The van der Waals surface area contributed by atoms with Crippen LogP contribution in [0.1, 0.15) is 11.1 Å². The minimum Gasteiger partial charge on any atom is -0.378 e. The van der Waals surface area contributed by atoms with Crippen LogP contribution in [-0.4, -0.2) is 12.1 Å². The summed E-state index contributed by atoms with van der Waals surface area (Å²) in [4.78, 5) is 0. The fourth-order valence-electron chi connectivity index (χ4n) is 1.55. The lowest BCUT2D eigenvalue weighted by atomic mass is 10.2. The van der Waals surface area contributed by atoms with Gasteiger partial charge in [-0.15, -0.1) is 5.10 Å². The second kappa shape index (κ2) is 6.91. The third kappa shape index (κ3) is 4.24. The summed E-state index contributed by atoms with van der Waals surface area (Å²) in [5, 5.41) is 6.87. The Labute approximate surface area is 112 Å². The van der Waals surface area contributed by atoms with Crippen LogP contribution in [0.3, 0.4) is 0 Å². The molecule has 0 fully saturated rings. The second-order valence-electron chi connectivity index (χ2n) is 3.93. The molecule has 0 spiro atoms. The second-order valence-corrected chi connectivity index (χ2v) is 3.93. The molecule has 0 heterocycles. The van der Waals surface area contributed by atoms with Gasteiger partial charge in [-0.05, 0) is 11.6 Å². The highest BCUT2D eigenvalue weighted by atomic mass is 15.2. The van der Waals surface area contributed by atoms with Gasteiger partial charge in [-0.1, -0.05) is 60.7 Å². The van der Waals surface area contributed by atoms with Gasteiger partial charge in [-0.25, -0.2) is 0 Å². The third-order valence-corrected chi connectivity index (χ3v) is 2.51. The predicted molar refractivity (Wildman–Crippen MR) is 79.7 cm³/mol. The molecule has 0 bridgehead atoms. The first-order valence-corrected chi connectivity index (χ1v) is 6.05. The maximum atomic E-state index is 5.83. The summed E-state index contributed by atoms with van der Waals surface area (Å²) in [6.07, 6.45) is 5.61. The molecule has 3 nitrogen and oxygen atoms in total. The van der Waals surface area contributed by atoms with Crippen molar-refractivity contribution >= 4 is 18.1 Å². The summed E-state index contributed by atoms with van der Waals surface area (Å²) in [5.41, 5.74) is 7.87. The molecule has 2 aromatic carbocycles. The van der Waals surface area contributed by atoms with Gasteiger partial charge in [0.05, 0.1) is 0 Å². The van der Waals surface area contributed by atoms with E-state index in [-0.39, 0.29) is 0 Å². The van der Waals surface area contributed by atoms with E-state index in [4.69, 9.17) is 5.73 Å². The number of hydrogen-bond donors (Lipinski definition) is 2. The molecule has 0 saturated heterocycles. The minimum atomic E-state index is 0.463. The number of amidine groups is 1. The highest BCUT2D eigenvalue weighted by Crippen LogP contribution is 1.99. The molecule has 0 aliphatic heterocycles. The Morgan fingerprint density at radius 2 is 1.58 bits per heavy atom. The van der Waals surface area contributed by atoms with Crippen molar-refractivity contribution in [3.8, 4) is 0 Å². The van der Waals surface area contributed by atoms with Crippen LogP contribution in [0.15, 0.2) is 71.8 Å². The number of hydrazone groups is 1. The molecule has 0 amide bonds. The third-order valence-electron chi connectivity index (χ3n) is 2.51. The van der Waals surface area contributed by atoms with E-state index in [1.165, 1.54) is 0 Å². The molecule has 0 atom stereocenters. The van der Waals surface area contributed by atoms with Crippen molar-refractivity contribution in [1.82, 2.24) is 0 Å². The topological polar surface area (TPSA) is 52.3 Å². The van der Waals surface area contributed by atoms with E-state index in [9.17, 15) is 0 Å². The van der Waals surface area contributed by atoms with Crippen LogP contribution < -0.4 is 10.8 Å². The quantitative estimate of drug-likeness (QED) is 0.478. The van der Waals surface area contributed by atoms with Crippen LogP contribution in [0.2, 0.25) is 0 Å². The molecule has 0 aliphatic carbocycles. The summed E-state index contributed by atoms with van der Waals surface area (Å²) >= 11 is 0. The number of benzene rings is 2. The van der Waals surface area contributed by atoms with Crippen molar-refractivity contribution in [1.29, 1.82) is 0 Å². The van der Waals surface area contributed by atoms with E-state index in [0.717, 1.165) is 11.1 Å². The molecule has 0 aromatic heterocycles. The first-order chi connectivity index (χ1) is 9.36. The summed E-state index contributed by atoms with van der Waals surface area (Å²) in [6.45, 7) is 0. The fourth-order valence-corrected chi connectivity index (χ4v) is 1.55. The van der Waals surface area contributed by atoms with Gasteiger partial charge < -0.3 is 5.73 Å². The summed E-state index contributed by atoms with van der Waals surface area (Å²) in [7, 11) is 0. The van der Waals surface area contributed by atoms with Gasteiger partial charge >= 0.3 is 0 Å². The standard InChI is InChI=1S/C16H15N3/c17-16(15-11-5-2-6-12-15)19-18-13-7-10-14-8-3-1-4-9-14/h1-13H,(H2,17,19)/p+1. The number of nitrogens with two attached hydrogens (primary N) is 1. The van der Waals surface area contributed by atoms with Gasteiger partial charge in [0.15, 0.2) is 12.1 Å². The number of hydrogen-bond acceptors (Lipinski definition) is 1. The monoisotopic (exact) mass is 250 g/mol. The highest BCUT2D eigenvalue weighted by Gasteiger charge is 1.96. The largest absolute Gasteiger partial charge is 0.378 e. The number of allylic oxidation sites excluding steroid dienone is 1. The van der Waals surface area contributed by atoms with Crippen LogP contribution in [-0.2, 0) is 0 Å². The molecule has 2 aromatic rings. The zero-order chi connectivity index (χ0) is 13.3. The maximum absolute atomic E-state index is 5.83. The van der Waals surface area contributed by atoms with Gasteiger partial charge in [-0.3, -0.25) is 0 Å². The Balaban J connectivity index is 1.95. The van der Waals surface area contributed by atoms with E-state index in [0.29, 0.717) is 5.84 Å². The van der Waals surface area contributed by atoms with E-state index < -0.39 is 0 Å². The Morgan fingerprint density at radius 3 is 2.26 bits per heavy atom. The molecule has 94 valence electrons. The van der Waals surface area contributed by atoms with Crippen LogP contribution in [0.5, 0.6) is 0 Å². The fraction of sp³-hybridized carbons (Fsp3) is 0. The van der Waals surface area contributed by atoms with Crippen LogP contribution in [0.25, 0.3) is 6.08 Å². The van der Waals surface area contributed by atoms with Crippen molar-refractivity contribution in [2.75, 3.05) is 0 Å². The average molecular weight is 250 g/mol. The average Bonchev–Trinajstić information content (AvgIpc) is 2.49. The molecular formula is C16H16N3+. The van der Waals surface area contributed by atoms with Crippen molar-refractivity contribution < 1.29 is 5.10 Å². The Morgan fingerprint density at radius 1 is 0.947 bits per heavy atom. The Hall–Kier alpha value is -2.68. The minimum absolute atomic E-state index is 0.463. The summed E-state index contributed by atoms with van der Waals surface area (Å²) in [6, 6.07) is 19.7. The lowest BCUT2D eigenvalue weighted by Gasteiger charge is -1.93. The van der Waals surface area contributed by atoms with E-state index in [2.05, 4.69) is 10.2 Å². The molecule has 2 rings (SSSR count). The molecule has 0 radical (unpaired) electrons. The van der Waals surface area contributed by atoms with Crippen LogP contribution in [0, 0.1) is 0 Å². The number of nitrogens with one attached hydrogen (secondary N) is 1. The maximum Gasteiger partial charge on any atom is 0.198 e. The molecule has 0 saturated carbocycles. The lowest BCUT2D eigenvalue weighted by molar-refractivity contribution is -0.456. The molecule has 3 N–H and O–H groups in total. The Kier molecular flexibility index (Phi) is 4.64. The van der Waals surface area contributed by atoms with Gasteiger partial charge in [0.1, 0.15) is 0 Å². The van der Waals surface area contributed by atoms with Gasteiger partial charge in [0, 0.05) is 16.7 Å². The highest BCUT2D eigenvalue weighted by molar-refractivity contribution is 5.96. The van der Waals surface area contributed by atoms with Crippen molar-refractivity contribution in [3.05, 3.63) is 77.9 Å². The molecule has 0 aliphatic rings. The van der Waals surface area contributed by atoms with Gasteiger partial charge in [0.2, 0.25) is 0 Å². The molecule has 19 heavy (non-hydrogen) atoms. The number of rotatable bonds is 4. The molecular weight excluding hydrogens is 234 g/mol. The van der Waals surface area contributed by atoms with Crippen molar-refractivity contribution in [2.24, 2.45) is 10.8 Å². The summed E-state index contributed by atoms with van der Waals surface area (Å²) < 4.78 is 0. The zero-order valence-corrected chi connectivity index (χ0v) is 10.5. The van der Waals surface area contributed by atoms with Gasteiger partial charge in [-0.2, -0.15) is 0 Å². The van der Waals surface area contributed by atoms with Crippen molar-refractivity contribution in [3.63, 3.8) is 0 Å².